The molecule has 0 N–H and O–H groups in total. The highest BCUT2D eigenvalue weighted by atomic mass is 32.2. The normalized spacial score (nSPS) is 30.1. The molecule has 0 bridgehead atoms. The Morgan fingerprint density at radius 3 is 2.04 bits per heavy atom. The summed E-state index contributed by atoms with van der Waals surface area (Å²) < 4.78 is 66.1. The second-order valence-electron chi connectivity index (χ2n) is 4.92. The van der Waals surface area contributed by atoms with E-state index in [9.17, 15) is 16.8 Å². The maximum Gasteiger partial charge on any atom is 0.264 e. The number of nitrogens with zero attached hydrogens (tertiary/aromatic N) is 6. The van der Waals surface area contributed by atoms with Crippen LogP contribution in [0.2, 0.25) is 0 Å². The van der Waals surface area contributed by atoms with Crippen LogP contribution in [-0.4, -0.2) is 73.6 Å². The summed E-state index contributed by atoms with van der Waals surface area (Å²) in [5, 5.41) is 6.66. The molecule has 14 nitrogen and oxygen atoms in total. The second-order valence-corrected chi connectivity index (χ2v) is 8.12. The van der Waals surface area contributed by atoms with E-state index in [1.165, 1.54) is 0 Å². The van der Waals surface area contributed by atoms with Crippen molar-refractivity contribution in [3.8, 4) is 0 Å². The Bertz CT molecular complexity index is 772. The first-order chi connectivity index (χ1) is 11.5. The van der Waals surface area contributed by atoms with Gasteiger partial charge in [-0.2, -0.15) is 16.8 Å². The molecule has 0 radical (unpaired) electrons. The van der Waals surface area contributed by atoms with Crippen molar-refractivity contribution in [2.45, 2.75) is 30.6 Å². The molecule has 0 saturated carbocycles. The van der Waals surface area contributed by atoms with Crippen molar-refractivity contribution >= 4 is 20.2 Å². The molecule has 0 unspecified atom stereocenters. The molecule has 0 aromatic heterocycles. The zero-order chi connectivity index (χ0) is 19.3. The van der Waals surface area contributed by atoms with Gasteiger partial charge in [-0.3, -0.25) is 8.37 Å². The average Bonchev–Trinajstić information content (AvgIpc) is 2.47. The standard InChI is InChI=1S/C9H16N6O8S2/c1-20-9-8(23-25(3,18)19)7(22-24(2,16)17)6(13-15-11)5(21-9)4-12-14-10/h5-9H,4H2,1-3H3/t5-,6+,7+,8-,9-/m0/s1. The molecule has 0 spiro atoms. The molecule has 1 fully saturated rings. The fourth-order valence-electron chi connectivity index (χ4n) is 2.16. The highest BCUT2D eigenvalue weighted by molar-refractivity contribution is 7.86. The lowest BCUT2D eigenvalue weighted by molar-refractivity contribution is -0.249. The first-order valence-corrected chi connectivity index (χ1v) is 10.2. The monoisotopic (exact) mass is 400 g/mol. The first-order valence-electron chi connectivity index (χ1n) is 6.52. The van der Waals surface area contributed by atoms with Crippen molar-refractivity contribution in [2.24, 2.45) is 10.2 Å². The van der Waals surface area contributed by atoms with E-state index in [0.717, 1.165) is 19.6 Å². The van der Waals surface area contributed by atoms with Gasteiger partial charge in [0.25, 0.3) is 20.2 Å². The van der Waals surface area contributed by atoms with Crippen LogP contribution in [-0.2, 0) is 38.1 Å². The second kappa shape index (κ2) is 8.64. The molecule has 1 saturated heterocycles. The molecule has 25 heavy (non-hydrogen) atoms. The van der Waals surface area contributed by atoms with Crippen molar-refractivity contribution in [2.75, 3.05) is 26.2 Å². The first kappa shape index (κ1) is 21.4. The average molecular weight is 400 g/mol. The predicted octanol–water partition coefficient (Wildman–Crippen LogP) is 0.0365. The Labute approximate surface area is 143 Å². The van der Waals surface area contributed by atoms with Gasteiger partial charge >= 0.3 is 0 Å². The Hall–Kier alpha value is -1.64. The maximum atomic E-state index is 11.6. The number of rotatable bonds is 8. The zero-order valence-corrected chi connectivity index (χ0v) is 15.0. The molecule has 1 rings (SSSR count). The van der Waals surface area contributed by atoms with Gasteiger partial charge in [0.2, 0.25) is 0 Å². The van der Waals surface area contributed by atoms with Gasteiger partial charge in [-0.25, -0.2) is 0 Å². The van der Waals surface area contributed by atoms with Gasteiger partial charge in [-0.1, -0.05) is 10.2 Å². The van der Waals surface area contributed by atoms with Crippen molar-refractivity contribution in [1.29, 1.82) is 0 Å². The summed E-state index contributed by atoms with van der Waals surface area (Å²) in [5.41, 5.74) is 17.2. The summed E-state index contributed by atoms with van der Waals surface area (Å²) in [6.07, 6.45) is -4.28. The fourth-order valence-corrected chi connectivity index (χ4v) is 3.39. The largest absolute Gasteiger partial charge is 0.353 e. The van der Waals surface area contributed by atoms with Crippen LogP contribution < -0.4 is 0 Å². The van der Waals surface area contributed by atoms with Gasteiger partial charge in [-0.05, 0) is 11.1 Å². The summed E-state index contributed by atoms with van der Waals surface area (Å²) in [5.74, 6) is 0. The molecule has 5 atom stereocenters. The van der Waals surface area contributed by atoms with E-state index in [1.54, 1.807) is 0 Å². The number of methoxy groups -OCH3 is 1. The van der Waals surface area contributed by atoms with Gasteiger partial charge in [0.15, 0.2) is 12.4 Å². The van der Waals surface area contributed by atoms with Gasteiger partial charge in [0.1, 0.15) is 6.10 Å². The van der Waals surface area contributed by atoms with E-state index in [2.05, 4.69) is 20.1 Å². The van der Waals surface area contributed by atoms with Crippen LogP contribution in [0, 0.1) is 0 Å². The highest BCUT2D eigenvalue weighted by Gasteiger charge is 2.50. The Morgan fingerprint density at radius 1 is 1.04 bits per heavy atom. The molecule has 0 aromatic rings. The van der Waals surface area contributed by atoms with E-state index in [-0.39, 0.29) is 6.54 Å². The third kappa shape index (κ3) is 6.64. The van der Waals surface area contributed by atoms with Crippen LogP contribution in [0.25, 0.3) is 20.9 Å². The van der Waals surface area contributed by atoms with Crippen LogP contribution in [0.15, 0.2) is 10.2 Å². The van der Waals surface area contributed by atoms with E-state index in [1.807, 2.05) is 0 Å². The minimum absolute atomic E-state index is 0.352. The summed E-state index contributed by atoms with van der Waals surface area (Å²) in [4.78, 5) is 5.11. The van der Waals surface area contributed by atoms with E-state index in [4.69, 9.17) is 28.9 Å². The minimum Gasteiger partial charge on any atom is -0.353 e. The smallest absolute Gasteiger partial charge is 0.264 e. The van der Waals surface area contributed by atoms with E-state index < -0.39 is 50.9 Å². The predicted molar refractivity (Wildman–Crippen MR) is 82.1 cm³/mol. The van der Waals surface area contributed by atoms with Crippen molar-refractivity contribution in [3.63, 3.8) is 0 Å². The molecule has 142 valence electrons. The molecule has 0 aromatic carbocycles. The molecule has 0 amide bonds. The number of hydrogen-bond donors (Lipinski definition) is 0. The van der Waals surface area contributed by atoms with Crippen LogP contribution in [0.1, 0.15) is 0 Å². The quantitative estimate of drug-likeness (QED) is 0.235. The van der Waals surface area contributed by atoms with Crippen molar-refractivity contribution in [3.05, 3.63) is 20.9 Å². The molecule has 0 aliphatic carbocycles. The van der Waals surface area contributed by atoms with E-state index in [0.29, 0.717) is 0 Å². The lowest BCUT2D eigenvalue weighted by Gasteiger charge is -2.42. The van der Waals surface area contributed by atoms with Crippen LogP contribution in [0.5, 0.6) is 0 Å². The Balaban J connectivity index is 3.40. The molecule has 1 aliphatic heterocycles. The molecule has 16 heteroatoms. The number of azide groups is 2. The number of hydrogen-bond acceptors (Lipinski definition) is 10. The topological polar surface area (TPSA) is 203 Å². The third-order valence-electron chi connectivity index (χ3n) is 2.93. The summed E-state index contributed by atoms with van der Waals surface area (Å²) >= 11 is 0. The Morgan fingerprint density at radius 2 is 1.60 bits per heavy atom. The van der Waals surface area contributed by atoms with Crippen LogP contribution >= 0.6 is 0 Å². The van der Waals surface area contributed by atoms with E-state index >= 15 is 0 Å². The van der Waals surface area contributed by atoms with Gasteiger partial charge < -0.3 is 9.47 Å². The molecule has 1 heterocycles. The molecule has 1 aliphatic rings. The van der Waals surface area contributed by atoms with Gasteiger partial charge in [-0.15, -0.1) is 0 Å². The van der Waals surface area contributed by atoms with Gasteiger partial charge in [0, 0.05) is 16.9 Å². The van der Waals surface area contributed by atoms with Crippen molar-refractivity contribution < 1.29 is 34.7 Å². The summed E-state index contributed by atoms with van der Waals surface area (Å²) in [6, 6.07) is -1.37. The minimum atomic E-state index is -4.11. The summed E-state index contributed by atoms with van der Waals surface area (Å²) in [7, 11) is -7.04. The van der Waals surface area contributed by atoms with Gasteiger partial charge in [0.05, 0.1) is 31.2 Å². The third-order valence-corrected chi connectivity index (χ3v) is 4.08. The molecular formula is C9H16N6O8S2. The lowest BCUT2D eigenvalue weighted by atomic mass is 9.97. The van der Waals surface area contributed by atoms with Crippen LogP contribution in [0.4, 0.5) is 0 Å². The zero-order valence-electron chi connectivity index (χ0n) is 13.4. The Kier molecular flexibility index (Phi) is 7.40. The fraction of sp³-hybridized carbons (Fsp3) is 1.00. The maximum absolute atomic E-state index is 11.6. The van der Waals surface area contributed by atoms with Crippen molar-refractivity contribution in [1.82, 2.24) is 0 Å². The SMILES string of the molecule is CO[C@H]1O[C@@H](CN=[N+]=[N-])[C@@H](N=[N+]=[N-])[C@@H](OS(C)(=O)=O)[C@@H]1OS(C)(=O)=O. The molecular weight excluding hydrogens is 384 g/mol. The highest BCUT2D eigenvalue weighted by Crippen LogP contribution is 2.30. The van der Waals surface area contributed by atoms with Crippen LogP contribution in [0.3, 0.4) is 0 Å². The number of ether oxygens (including phenoxy) is 2. The lowest BCUT2D eigenvalue weighted by Crippen LogP contribution is -2.60. The summed E-state index contributed by atoms with van der Waals surface area (Å²) in [6.45, 7) is -0.352.